The number of hydrogen-bond donors (Lipinski definition) is 1. The number of unbranched alkanes of at least 4 members (excludes halogenated alkanes) is 9. The molecule has 0 aliphatic rings. The van der Waals surface area contributed by atoms with Crippen molar-refractivity contribution in [1.29, 1.82) is 0 Å². The van der Waals surface area contributed by atoms with E-state index in [1.54, 1.807) is 0 Å². The van der Waals surface area contributed by atoms with Gasteiger partial charge in [-0.2, -0.15) is 0 Å². The van der Waals surface area contributed by atoms with Crippen LogP contribution in [-0.4, -0.2) is 42.5 Å². The third kappa shape index (κ3) is 22.8. The van der Waals surface area contributed by atoms with Crippen LogP contribution in [-0.2, 0) is 19.6 Å². The van der Waals surface area contributed by atoms with Gasteiger partial charge in [0, 0.05) is 6.42 Å². The van der Waals surface area contributed by atoms with E-state index < -0.39 is 34.6 Å². The van der Waals surface area contributed by atoms with Crippen LogP contribution in [0, 0.1) is 5.92 Å². The predicted molar refractivity (Wildman–Crippen MR) is 111 cm³/mol. The second-order valence-corrected chi connectivity index (χ2v) is 9.34. The van der Waals surface area contributed by atoms with Crippen LogP contribution < -0.4 is 29.6 Å². The van der Waals surface area contributed by atoms with Gasteiger partial charge in [0.25, 0.3) is 0 Å². The third-order valence-corrected chi connectivity index (χ3v) is 5.76. The molecule has 2 unspecified atom stereocenters. The van der Waals surface area contributed by atoms with Crippen molar-refractivity contribution in [2.45, 2.75) is 110 Å². The molecule has 0 radical (unpaired) electrons. The molecule has 29 heavy (non-hydrogen) atoms. The van der Waals surface area contributed by atoms with Gasteiger partial charge in [0.2, 0.25) is 0 Å². The summed E-state index contributed by atoms with van der Waals surface area (Å²) in [5, 5.41) is 9.48. The molecule has 0 rings (SSSR count). The standard InChI is InChI=1S/C21H42O6S.Na/c1-3-5-7-9-11-13-15-19(14-12-10-8-6-4-2)16-21(23)27-17-20(22)18-28(24,25)26;/h19-20,22H,3-18H2,1-2H3,(H,24,25,26);/q;+1/p-1. The monoisotopic (exact) mass is 444 g/mol. The van der Waals surface area contributed by atoms with Crippen molar-refractivity contribution in [1.82, 2.24) is 0 Å². The van der Waals surface area contributed by atoms with Crippen molar-refractivity contribution in [2.75, 3.05) is 12.4 Å². The largest absolute Gasteiger partial charge is 1.00 e. The van der Waals surface area contributed by atoms with Gasteiger partial charge in [-0.25, -0.2) is 8.42 Å². The number of ether oxygens (including phenoxy) is 1. The molecule has 0 bridgehead atoms. The fourth-order valence-electron chi connectivity index (χ4n) is 3.37. The van der Waals surface area contributed by atoms with E-state index in [-0.39, 0.29) is 35.5 Å². The van der Waals surface area contributed by atoms with Crippen molar-refractivity contribution < 1.29 is 57.2 Å². The number of aliphatic hydroxyl groups is 1. The van der Waals surface area contributed by atoms with E-state index in [4.69, 9.17) is 4.74 Å². The maximum absolute atomic E-state index is 12.1. The number of rotatable bonds is 19. The van der Waals surface area contributed by atoms with Gasteiger partial charge in [-0.15, -0.1) is 0 Å². The number of carbonyl (C=O) groups is 1. The number of hydrogen-bond acceptors (Lipinski definition) is 6. The molecule has 0 aromatic carbocycles. The van der Waals surface area contributed by atoms with Gasteiger partial charge in [0.15, 0.2) is 0 Å². The zero-order valence-electron chi connectivity index (χ0n) is 18.9. The van der Waals surface area contributed by atoms with Gasteiger partial charge >= 0.3 is 35.5 Å². The van der Waals surface area contributed by atoms with Crippen LogP contribution in [0.5, 0.6) is 0 Å². The topological polar surface area (TPSA) is 104 Å². The van der Waals surface area contributed by atoms with Crippen molar-refractivity contribution in [3.63, 3.8) is 0 Å². The molecule has 0 spiro atoms. The summed E-state index contributed by atoms with van der Waals surface area (Å²) in [6.45, 7) is 3.94. The molecular weight excluding hydrogens is 403 g/mol. The molecule has 6 nitrogen and oxygen atoms in total. The second-order valence-electron chi connectivity index (χ2n) is 7.89. The fourth-order valence-corrected chi connectivity index (χ4v) is 3.93. The van der Waals surface area contributed by atoms with Gasteiger partial charge in [-0.3, -0.25) is 4.79 Å². The van der Waals surface area contributed by atoms with Crippen LogP contribution in [0.15, 0.2) is 0 Å². The van der Waals surface area contributed by atoms with Crippen LogP contribution in [0.1, 0.15) is 104 Å². The van der Waals surface area contributed by atoms with Crippen LogP contribution in [0.2, 0.25) is 0 Å². The average Bonchev–Trinajstić information content (AvgIpc) is 2.61. The Hall–Kier alpha value is 0.340. The zero-order chi connectivity index (χ0) is 21.3. The summed E-state index contributed by atoms with van der Waals surface area (Å²) in [4.78, 5) is 12.1. The molecule has 8 heteroatoms. The molecule has 168 valence electrons. The maximum Gasteiger partial charge on any atom is 1.00 e. The summed E-state index contributed by atoms with van der Waals surface area (Å²) < 4.78 is 36.8. The summed E-state index contributed by atoms with van der Waals surface area (Å²) in [5.41, 5.74) is 0. The molecular formula is C21H41NaO6S. The van der Waals surface area contributed by atoms with Crippen molar-refractivity contribution in [3.05, 3.63) is 0 Å². The van der Waals surface area contributed by atoms with E-state index in [9.17, 15) is 22.9 Å². The Morgan fingerprint density at radius 3 is 1.79 bits per heavy atom. The van der Waals surface area contributed by atoms with Gasteiger partial charge in [0.05, 0.1) is 15.9 Å². The molecule has 0 aliphatic heterocycles. The molecule has 0 aromatic heterocycles. The first kappa shape index (κ1) is 31.5. The van der Waals surface area contributed by atoms with Gasteiger partial charge < -0.3 is 14.4 Å². The molecule has 0 saturated carbocycles. The molecule has 0 amide bonds. The molecule has 1 N–H and O–H groups in total. The number of carbonyl (C=O) groups excluding carboxylic acids is 1. The molecule has 2 atom stereocenters. The quantitative estimate of drug-likeness (QED) is 0.140. The Kier molecular flexibility index (Phi) is 22.0. The Morgan fingerprint density at radius 1 is 0.897 bits per heavy atom. The minimum Gasteiger partial charge on any atom is -0.748 e. The molecule has 0 fully saturated rings. The van der Waals surface area contributed by atoms with Crippen LogP contribution >= 0.6 is 0 Å². The first-order chi connectivity index (χ1) is 13.3. The molecule has 0 aromatic rings. The average molecular weight is 445 g/mol. The van der Waals surface area contributed by atoms with Gasteiger partial charge in [-0.05, 0) is 18.8 Å². The summed E-state index contributed by atoms with van der Waals surface area (Å²) in [5.74, 6) is -1.09. The Bertz CT molecular complexity index is 484. The Balaban J connectivity index is 0. The summed E-state index contributed by atoms with van der Waals surface area (Å²) in [7, 11) is -4.53. The van der Waals surface area contributed by atoms with Gasteiger partial charge in [0.1, 0.15) is 12.7 Å². The molecule has 0 saturated heterocycles. The Labute approximate surface area is 200 Å². The second kappa shape index (κ2) is 20.3. The van der Waals surface area contributed by atoms with Crippen LogP contribution in [0.4, 0.5) is 0 Å². The first-order valence-electron chi connectivity index (χ1n) is 11.1. The minimum atomic E-state index is -4.53. The van der Waals surface area contributed by atoms with E-state index in [0.717, 1.165) is 25.7 Å². The summed E-state index contributed by atoms with van der Waals surface area (Å²) in [6, 6.07) is 0. The van der Waals surface area contributed by atoms with Crippen molar-refractivity contribution in [2.24, 2.45) is 5.92 Å². The fraction of sp³-hybridized carbons (Fsp3) is 0.952. The summed E-state index contributed by atoms with van der Waals surface area (Å²) >= 11 is 0. The number of aliphatic hydroxyl groups excluding tert-OH is 1. The Morgan fingerprint density at radius 2 is 1.34 bits per heavy atom. The van der Waals surface area contributed by atoms with E-state index >= 15 is 0 Å². The summed E-state index contributed by atoms with van der Waals surface area (Å²) in [6.07, 6.45) is 14.0. The van der Waals surface area contributed by atoms with Gasteiger partial charge in [-0.1, -0.05) is 84.5 Å². The normalized spacial score (nSPS) is 13.5. The van der Waals surface area contributed by atoms with Crippen molar-refractivity contribution in [3.8, 4) is 0 Å². The van der Waals surface area contributed by atoms with E-state index in [2.05, 4.69) is 13.8 Å². The first-order valence-corrected chi connectivity index (χ1v) is 12.6. The maximum atomic E-state index is 12.1. The third-order valence-electron chi connectivity index (χ3n) is 4.97. The van der Waals surface area contributed by atoms with Crippen LogP contribution in [0.3, 0.4) is 0 Å². The molecule has 0 aliphatic carbocycles. The smallest absolute Gasteiger partial charge is 0.748 e. The molecule has 0 heterocycles. The van der Waals surface area contributed by atoms with E-state index in [1.807, 2.05) is 0 Å². The minimum absolute atomic E-state index is 0. The van der Waals surface area contributed by atoms with Crippen LogP contribution in [0.25, 0.3) is 0 Å². The SMILES string of the molecule is CCCCCCCCC(CCCCCCC)CC(=O)OCC(O)CS(=O)(=O)[O-].[Na+]. The number of esters is 1. The van der Waals surface area contributed by atoms with E-state index in [0.29, 0.717) is 6.42 Å². The zero-order valence-corrected chi connectivity index (χ0v) is 21.7. The predicted octanol–water partition coefficient (Wildman–Crippen LogP) is 1.56. The van der Waals surface area contributed by atoms with Crippen molar-refractivity contribution >= 4 is 16.1 Å². The van der Waals surface area contributed by atoms with E-state index in [1.165, 1.54) is 57.8 Å².